The highest BCUT2D eigenvalue weighted by molar-refractivity contribution is 7.92. The Morgan fingerprint density at radius 1 is 0.905 bits per heavy atom. The van der Waals surface area contributed by atoms with Gasteiger partial charge in [-0.25, -0.2) is 8.42 Å². The molecule has 0 aliphatic heterocycles. The molecule has 0 heterocycles. The Morgan fingerprint density at radius 3 is 2.14 bits per heavy atom. The van der Waals surface area contributed by atoms with Crippen molar-refractivity contribution in [2.24, 2.45) is 0 Å². The number of ether oxygens (including phenoxy) is 2. The highest BCUT2D eigenvalue weighted by Crippen LogP contribution is 2.33. The van der Waals surface area contributed by atoms with Crippen LogP contribution in [0.25, 0.3) is 0 Å². The lowest BCUT2D eigenvalue weighted by molar-refractivity contribution is -0.138. The molecule has 0 aliphatic carbocycles. The number of sulfonamides is 1. The van der Waals surface area contributed by atoms with E-state index in [0.29, 0.717) is 24.4 Å². The molecule has 226 valence electrons. The number of hydrogen-bond donors (Lipinski definition) is 1. The van der Waals surface area contributed by atoms with Gasteiger partial charge >= 0.3 is 0 Å². The maximum absolute atomic E-state index is 14.2. The first-order chi connectivity index (χ1) is 20.0. The predicted molar refractivity (Wildman–Crippen MR) is 165 cm³/mol. The number of methoxy groups -OCH3 is 2. The van der Waals surface area contributed by atoms with Crippen molar-refractivity contribution in [2.45, 2.75) is 51.5 Å². The highest BCUT2D eigenvalue weighted by atomic mass is 32.2. The average Bonchev–Trinajstić information content (AvgIpc) is 2.98. The van der Waals surface area contributed by atoms with E-state index in [0.717, 1.165) is 27.4 Å². The van der Waals surface area contributed by atoms with Crippen molar-refractivity contribution in [3.8, 4) is 11.5 Å². The average molecular weight is 596 g/mol. The number of anilines is 1. The number of hydrogen-bond acceptors (Lipinski definition) is 6. The quantitative estimate of drug-likeness (QED) is 0.294. The van der Waals surface area contributed by atoms with Crippen molar-refractivity contribution in [1.82, 2.24) is 10.2 Å². The normalized spacial score (nSPS) is 11.9. The van der Waals surface area contributed by atoms with Gasteiger partial charge in [-0.3, -0.25) is 13.9 Å². The van der Waals surface area contributed by atoms with E-state index in [9.17, 15) is 18.0 Å². The molecule has 0 spiro atoms. The van der Waals surface area contributed by atoms with Crippen LogP contribution in [0.15, 0.2) is 71.6 Å². The first-order valence-electron chi connectivity index (χ1n) is 14.0. The van der Waals surface area contributed by atoms with E-state index in [1.165, 1.54) is 37.3 Å². The van der Waals surface area contributed by atoms with E-state index in [4.69, 9.17) is 9.47 Å². The second kappa shape index (κ2) is 14.7. The summed E-state index contributed by atoms with van der Waals surface area (Å²) in [7, 11) is -1.36. The lowest BCUT2D eigenvalue weighted by atomic mass is 10.1. The van der Waals surface area contributed by atoms with Gasteiger partial charge in [0.05, 0.1) is 24.8 Å². The molecule has 9 nitrogen and oxygen atoms in total. The summed E-state index contributed by atoms with van der Waals surface area (Å²) in [4.78, 5) is 28.4. The van der Waals surface area contributed by atoms with E-state index in [-0.39, 0.29) is 23.1 Å². The van der Waals surface area contributed by atoms with Crippen LogP contribution in [0.3, 0.4) is 0 Å². The maximum atomic E-state index is 14.2. The molecular weight excluding hydrogens is 554 g/mol. The fourth-order valence-corrected chi connectivity index (χ4v) is 6.11. The Morgan fingerprint density at radius 2 is 1.55 bits per heavy atom. The number of amides is 2. The summed E-state index contributed by atoms with van der Waals surface area (Å²) in [6.45, 7) is 7.56. The molecule has 0 fully saturated rings. The zero-order chi connectivity index (χ0) is 30.9. The standard InChI is InChI=1S/C32H41N3O6S/c1-7-16-33-32(37)25(4)34(17-15-26-11-9-8-10-12-26)31(36)22-35(27-19-23(2)18-24(3)20-27)42(38,39)28-13-14-29(40-5)30(21-28)41-6/h8-14,18-21,25H,7,15-17,22H2,1-6H3,(H,33,37). The van der Waals surface area contributed by atoms with E-state index in [1.807, 2.05) is 57.2 Å². The number of benzene rings is 3. The fourth-order valence-electron chi connectivity index (χ4n) is 4.69. The molecule has 0 saturated heterocycles. The third-order valence-corrected chi connectivity index (χ3v) is 8.69. The molecule has 1 unspecified atom stereocenters. The summed E-state index contributed by atoms with van der Waals surface area (Å²) in [5.74, 6) is -0.160. The molecular formula is C32H41N3O6S. The van der Waals surface area contributed by atoms with Gasteiger partial charge in [-0.15, -0.1) is 0 Å². The second-order valence-corrected chi connectivity index (χ2v) is 12.0. The van der Waals surface area contributed by atoms with Crippen LogP contribution in [0.1, 0.15) is 37.0 Å². The van der Waals surface area contributed by atoms with Crippen molar-refractivity contribution < 1.29 is 27.5 Å². The van der Waals surface area contributed by atoms with Crippen LogP contribution >= 0.6 is 0 Å². The van der Waals surface area contributed by atoms with Gasteiger partial charge in [0.25, 0.3) is 10.0 Å². The van der Waals surface area contributed by atoms with E-state index in [1.54, 1.807) is 19.1 Å². The molecule has 2 amide bonds. The highest BCUT2D eigenvalue weighted by Gasteiger charge is 2.33. The van der Waals surface area contributed by atoms with Crippen molar-refractivity contribution in [1.29, 1.82) is 0 Å². The minimum absolute atomic E-state index is 0.0586. The van der Waals surface area contributed by atoms with Gasteiger partial charge in [0.2, 0.25) is 11.8 Å². The fraction of sp³-hybridized carbons (Fsp3) is 0.375. The summed E-state index contributed by atoms with van der Waals surface area (Å²) in [6, 6.07) is 18.5. The van der Waals surface area contributed by atoms with Gasteiger partial charge in [0.15, 0.2) is 11.5 Å². The van der Waals surface area contributed by atoms with Gasteiger partial charge in [-0.1, -0.05) is 43.3 Å². The number of carbonyl (C=O) groups is 2. The van der Waals surface area contributed by atoms with Gasteiger partial charge < -0.3 is 19.7 Å². The second-order valence-electron chi connectivity index (χ2n) is 10.2. The third kappa shape index (κ3) is 8.03. The molecule has 42 heavy (non-hydrogen) atoms. The van der Waals surface area contributed by atoms with E-state index < -0.39 is 28.5 Å². The van der Waals surface area contributed by atoms with Crippen LogP contribution in [0, 0.1) is 13.8 Å². The monoisotopic (exact) mass is 595 g/mol. The topological polar surface area (TPSA) is 105 Å². The number of nitrogens with one attached hydrogen (secondary N) is 1. The number of nitrogens with zero attached hydrogens (tertiary/aromatic N) is 2. The smallest absolute Gasteiger partial charge is 0.264 e. The van der Waals surface area contributed by atoms with Crippen molar-refractivity contribution in [3.05, 3.63) is 83.4 Å². The molecule has 0 aliphatic rings. The number of carbonyl (C=O) groups excluding carboxylic acids is 2. The van der Waals surface area contributed by atoms with Crippen molar-refractivity contribution in [2.75, 3.05) is 38.2 Å². The van der Waals surface area contributed by atoms with Gasteiger partial charge in [0.1, 0.15) is 12.6 Å². The first-order valence-corrected chi connectivity index (χ1v) is 15.4. The summed E-state index contributed by atoms with van der Waals surface area (Å²) in [5.41, 5.74) is 3.04. The van der Waals surface area contributed by atoms with Gasteiger partial charge in [-0.05, 0) is 74.6 Å². The SMILES string of the molecule is CCCNC(=O)C(C)N(CCc1ccccc1)C(=O)CN(c1cc(C)cc(C)c1)S(=O)(=O)c1ccc(OC)c(OC)c1. The number of rotatable bonds is 14. The molecule has 0 bridgehead atoms. The zero-order valence-corrected chi connectivity index (χ0v) is 26.0. The minimum Gasteiger partial charge on any atom is -0.493 e. The first kappa shape index (κ1) is 32.5. The largest absolute Gasteiger partial charge is 0.493 e. The molecule has 1 N–H and O–H groups in total. The summed E-state index contributed by atoms with van der Waals surface area (Å²) < 4.78 is 40.1. The van der Waals surface area contributed by atoms with Crippen molar-refractivity contribution in [3.63, 3.8) is 0 Å². The van der Waals surface area contributed by atoms with E-state index >= 15 is 0 Å². The molecule has 0 aromatic heterocycles. The lowest BCUT2D eigenvalue weighted by Gasteiger charge is -2.32. The van der Waals surface area contributed by atoms with Gasteiger partial charge in [-0.2, -0.15) is 0 Å². The Kier molecular flexibility index (Phi) is 11.4. The Labute approximate surface area is 249 Å². The maximum Gasteiger partial charge on any atom is 0.264 e. The third-order valence-electron chi connectivity index (χ3n) is 6.92. The lowest BCUT2D eigenvalue weighted by Crippen LogP contribution is -2.52. The van der Waals surface area contributed by atoms with Crippen LogP contribution in [0.2, 0.25) is 0 Å². The van der Waals surface area contributed by atoms with Crippen LogP contribution < -0.4 is 19.1 Å². The molecule has 10 heteroatoms. The Balaban J connectivity index is 2.05. The molecule has 0 saturated carbocycles. The van der Waals surface area contributed by atoms with Crippen LogP contribution in [0.4, 0.5) is 5.69 Å². The van der Waals surface area contributed by atoms with Crippen LogP contribution in [-0.2, 0) is 26.0 Å². The molecule has 0 radical (unpaired) electrons. The minimum atomic E-state index is -4.25. The van der Waals surface area contributed by atoms with E-state index in [2.05, 4.69) is 5.32 Å². The molecule has 3 aromatic rings. The van der Waals surface area contributed by atoms with Crippen LogP contribution in [-0.4, -0.2) is 65.0 Å². The summed E-state index contributed by atoms with van der Waals surface area (Å²) in [6.07, 6.45) is 1.25. The molecule has 3 rings (SSSR count). The number of aryl methyl sites for hydroxylation is 2. The summed E-state index contributed by atoms with van der Waals surface area (Å²) >= 11 is 0. The molecule has 1 atom stereocenters. The zero-order valence-electron chi connectivity index (χ0n) is 25.2. The Bertz CT molecular complexity index is 1460. The van der Waals surface area contributed by atoms with Gasteiger partial charge in [0, 0.05) is 19.2 Å². The molecule has 3 aromatic carbocycles. The Hall–Kier alpha value is -4.05. The van der Waals surface area contributed by atoms with Crippen molar-refractivity contribution >= 4 is 27.5 Å². The van der Waals surface area contributed by atoms with Crippen LogP contribution in [0.5, 0.6) is 11.5 Å². The predicted octanol–water partition coefficient (Wildman–Crippen LogP) is 4.50. The summed E-state index contributed by atoms with van der Waals surface area (Å²) in [5, 5.41) is 2.85.